The lowest BCUT2D eigenvalue weighted by Crippen LogP contribution is -2.15. The van der Waals surface area contributed by atoms with Gasteiger partial charge >= 0.3 is 0 Å². The van der Waals surface area contributed by atoms with E-state index in [9.17, 15) is 13.2 Å². The van der Waals surface area contributed by atoms with E-state index in [1.807, 2.05) is 6.92 Å². The summed E-state index contributed by atoms with van der Waals surface area (Å²) in [5.41, 5.74) is 5.32. The van der Waals surface area contributed by atoms with Crippen LogP contribution < -0.4 is 5.73 Å². The second-order valence-electron chi connectivity index (χ2n) is 3.02. The van der Waals surface area contributed by atoms with Gasteiger partial charge in [0.1, 0.15) is 5.82 Å². The fourth-order valence-corrected chi connectivity index (χ4v) is 1.17. The molecule has 0 saturated heterocycles. The standard InChI is InChI=1S/C9H11F3N2/c1-2-3-7(13)8-5(10)4-6(11)9(12)14-8/h4,7H,2-3,13H2,1H3. The van der Waals surface area contributed by atoms with E-state index in [1.54, 1.807) is 0 Å². The van der Waals surface area contributed by atoms with Crippen molar-refractivity contribution in [3.63, 3.8) is 0 Å². The number of aromatic nitrogens is 1. The minimum Gasteiger partial charge on any atom is -0.323 e. The van der Waals surface area contributed by atoms with Crippen LogP contribution in [0.1, 0.15) is 31.5 Å². The van der Waals surface area contributed by atoms with Crippen LogP contribution in [-0.4, -0.2) is 4.98 Å². The van der Waals surface area contributed by atoms with E-state index >= 15 is 0 Å². The molecule has 0 spiro atoms. The van der Waals surface area contributed by atoms with Crippen LogP contribution in [0, 0.1) is 17.6 Å². The van der Waals surface area contributed by atoms with Crippen LogP contribution in [0.15, 0.2) is 6.07 Å². The average Bonchev–Trinajstić information content (AvgIpc) is 2.11. The van der Waals surface area contributed by atoms with Crippen molar-refractivity contribution in [2.24, 2.45) is 5.73 Å². The summed E-state index contributed by atoms with van der Waals surface area (Å²) < 4.78 is 38.2. The second kappa shape index (κ2) is 4.41. The van der Waals surface area contributed by atoms with E-state index in [2.05, 4.69) is 4.98 Å². The first-order chi connectivity index (χ1) is 6.56. The molecule has 1 aromatic rings. The molecule has 5 heteroatoms. The Morgan fingerprint density at radius 2 is 2.00 bits per heavy atom. The zero-order valence-corrected chi connectivity index (χ0v) is 7.73. The van der Waals surface area contributed by atoms with E-state index in [4.69, 9.17) is 5.73 Å². The van der Waals surface area contributed by atoms with Gasteiger partial charge in [-0.25, -0.2) is 13.8 Å². The first-order valence-electron chi connectivity index (χ1n) is 4.33. The highest BCUT2D eigenvalue weighted by atomic mass is 19.2. The van der Waals surface area contributed by atoms with Crippen LogP contribution in [0.5, 0.6) is 0 Å². The van der Waals surface area contributed by atoms with Crippen LogP contribution in [0.2, 0.25) is 0 Å². The molecular weight excluding hydrogens is 193 g/mol. The van der Waals surface area contributed by atoms with Crippen molar-refractivity contribution in [3.05, 3.63) is 29.3 Å². The van der Waals surface area contributed by atoms with E-state index in [0.29, 0.717) is 12.5 Å². The number of halogens is 3. The molecule has 2 N–H and O–H groups in total. The van der Waals surface area contributed by atoms with Gasteiger partial charge in [0.2, 0.25) is 5.95 Å². The first kappa shape index (κ1) is 11.0. The molecule has 1 aromatic heterocycles. The molecule has 2 nitrogen and oxygen atoms in total. The molecule has 1 unspecified atom stereocenters. The monoisotopic (exact) mass is 204 g/mol. The third kappa shape index (κ3) is 2.23. The predicted octanol–water partition coefficient (Wildman–Crippen LogP) is 2.30. The topological polar surface area (TPSA) is 38.9 Å². The highest BCUT2D eigenvalue weighted by Gasteiger charge is 2.16. The van der Waals surface area contributed by atoms with Crippen molar-refractivity contribution >= 4 is 0 Å². The van der Waals surface area contributed by atoms with Gasteiger partial charge in [0, 0.05) is 6.07 Å². The summed E-state index contributed by atoms with van der Waals surface area (Å²) >= 11 is 0. The van der Waals surface area contributed by atoms with Crippen molar-refractivity contribution in [1.29, 1.82) is 0 Å². The van der Waals surface area contributed by atoms with E-state index in [0.717, 1.165) is 6.42 Å². The maximum absolute atomic E-state index is 13.1. The van der Waals surface area contributed by atoms with E-state index < -0.39 is 23.6 Å². The van der Waals surface area contributed by atoms with Gasteiger partial charge in [0.15, 0.2) is 5.82 Å². The van der Waals surface area contributed by atoms with Crippen LogP contribution in [0.25, 0.3) is 0 Å². The number of hydrogen-bond donors (Lipinski definition) is 1. The van der Waals surface area contributed by atoms with E-state index in [1.165, 1.54) is 0 Å². The maximum Gasteiger partial charge on any atom is 0.249 e. The maximum atomic E-state index is 13.1. The highest BCUT2D eigenvalue weighted by Crippen LogP contribution is 2.18. The van der Waals surface area contributed by atoms with Gasteiger partial charge < -0.3 is 5.73 Å². The fourth-order valence-electron chi connectivity index (χ4n) is 1.17. The van der Waals surface area contributed by atoms with Crippen LogP contribution in [-0.2, 0) is 0 Å². The fraction of sp³-hybridized carbons (Fsp3) is 0.444. The summed E-state index contributed by atoms with van der Waals surface area (Å²) in [4.78, 5) is 3.15. The molecule has 1 heterocycles. The Kier molecular flexibility index (Phi) is 3.46. The number of hydrogen-bond acceptors (Lipinski definition) is 2. The van der Waals surface area contributed by atoms with Gasteiger partial charge in [-0.2, -0.15) is 4.39 Å². The molecular formula is C9H11F3N2. The molecule has 0 aliphatic carbocycles. The summed E-state index contributed by atoms with van der Waals surface area (Å²) in [6.45, 7) is 1.86. The molecule has 0 aliphatic heterocycles. The molecule has 1 atom stereocenters. The Bertz CT molecular complexity index is 328. The Balaban J connectivity index is 3.02. The second-order valence-corrected chi connectivity index (χ2v) is 3.02. The lowest BCUT2D eigenvalue weighted by molar-refractivity contribution is 0.443. The third-order valence-corrected chi connectivity index (χ3v) is 1.86. The molecule has 14 heavy (non-hydrogen) atoms. The van der Waals surface area contributed by atoms with Gasteiger partial charge in [-0.05, 0) is 6.42 Å². The summed E-state index contributed by atoms with van der Waals surface area (Å²) in [6, 6.07) is -0.220. The Morgan fingerprint density at radius 1 is 1.36 bits per heavy atom. The zero-order valence-electron chi connectivity index (χ0n) is 7.73. The Morgan fingerprint density at radius 3 is 2.57 bits per heavy atom. The Labute approximate surface area is 79.9 Å². The molecule has 0 radical (unpaired) electrons. The van der Waals surface area contributed by atoms with Crippen molar-refractivity contribution in [3.8, 4) is 0 Å². The zero-order chi connectivity index (χ0) is 10.7. The lowest BCUT2D eigenvalue weighted by atomic mass is 10.1. The normalized spacial score (nSPS) is 12.9. The highest BCUT2D eigenvalue weighted by molar-refractivity contribution is 5.13. The molecule has 78 valence electrons. The molecule has 0 aliphatic rings. The molecule has 0 fully saturated rings. The molecule has 1 rings (SSSR count). The summed E-state index contributed by atoms with van der Waals surface area (Å²) in [7, 11) is 0. The average molecular weight is 204 g/mol. The quantitative estimate of drug-likeness (QED) is 0.767. The number of pyridine rings is 1. The molecule has 0 saturated carbocycles. The number of nitrogens with two attached hydrogens (primary N) is 1. The van der Waals surface area contributed by atoms with Crippen molar-refractivity contribution < 1.29 is 13.2 Å². The molecule has 0 bridgehead atoms. The largest absolute Gasteiger partial charge is 0.323 e. The van der Waals surface area contributed by atoms with Crippen molar-refractivity contribution in [2.75, 3.05) is 0 Å². The van der Waals surface area contributed by atoms with Gasteiger partial charge in [-0.15, -0.1) is 0 Å². The molecule has 0 amide bonds. The van der Waals surface area contributed by atoms with Gasteiger partial charge in [-0.1, -0.05) is 13.3 Å². The summed E-state index contributed by atoms with van der Waals surface area (Å²) in [6.07, 6.45) is 1.20. The van der Waals surface area contributed by atoms with E-state index in [-0.39, 0.29) is 5.69 Å². The number of nitrogens with zero attached hydrogens (tertiary/aromatic N) is 1. The minimum absolute atomic E-state index is 0.217. The van der Waals surface area contributed by atoms with Crippen molar-refractivity contribution in [1.82, 2.24) is 4.98 Å². The summed E-state index contributed by atoms with van der Waals surface area (Å²) in [5.74, 6) is -3.51. The predicted molar refractivity (Wildman–Crippen MR) is 45.9 cm³/mol. The summed E-state index contributed by atoms with van der Waals surface area (Å²) in [5, 5.41) is 0. The minimum atomic E-state index is -1.31. The lowest BCUT2D eigenvalue weighted by Gasteiger charge is -2.10. The molecule has 0 aromatic carbocycles. The SMILES string of the molecule is CCCC(N)c1nc(F)c(F)cc1F. The van der Waals surface area contributed by atoms with Crippen LogP contribution >= 0.6 is 0 Å². The van der Waals surface area contributed by atoms with Gasteiger partial charge in [0.25, 0.3) is 0 Å². The van der Waals surface area contributed by atoms with Gasteiger partial charge in [-0.3, -0.25) is 0 Å². The first-order valence-corrected chi connectivity index (χ1v) is 4.33. The van der Waals surface area contributed by atoms with Crippen LogP contribution in [0.4, 0.5) is 13.2 Å². The Hall–Kier alpha value is -1.10. The van der Waals surface area contributed by atoms with Crippen molar-refractivity contribution in [2.45, 2.75) is 25.8 Å². The van der Waals surface area contributed by atoms with Gasteiger partial charge in [0.05, 0.1) is 11.7 Å². The van der Waals surface area contributed by atoms with Crippen LogP contribution in [0.3, 0.4) is 0 Å². The third-order valence-electron chi connectivity index (χ3n) is 1.86. The smallest absolute Gasteiger partial charge is 0.249 e. The number of rotatable bonds is 3.